The van der Waals surface area contributed by atoms with Gasteiger partial charge in [0, 0.05) is 16.5 Å². The molecule has 0 amide bonds. The van der Waals surface area contributed by atoms with E-state index in [4.69, 9.17) is 9.47 Å². The van der Waals surface area contributed by atoms with Gasteiger partial charge in [0.2, 0.25) is 5.78 Å². The van der Waals surface area contributed by atoms with Gasteiger partial charge in [-0.25, -0.2) is 4.79 Å². The van der Waals surface area contributed by atoms with Crippen molar-refractivity contribution in [1.82, 2.24) is 0 Å². The molecule has 8 nitrogen and oxygen atoms in total. The zero-order valence-corrected chi connectivity index (χ0v) is 45.4. The summed E-state index contributed by atoms with van der Waals surface area (Å²) >= 11 is -2.52. The molecule has 0 aromatic heterocycles. The summed E-state index contributed by atoms with van der Waals surface area (Å²) in [7, 11) is -4.13. The van der Waals surface area contributed by atoms with E-state index in [0.717, 1.165) is 21.5 Å². The first-order chi connectivity index (χ1) is 28.6. The predicted octanol–water partition coefficient (Wildman–Crippen LogP) is 10.8. The fraction of sp³-hybridized carbons (Fsp3) is 0.423. The predicted molar refractivity (Wildman–Crippen MR) is 267 cm³/mol. The van der Waals surface area contributed by atoms with Crippen LogP contribution in [0.2, 0.25) is 43.5 Å². The summed E-state index contributed by atoms with van der Waals surface area (Å²) in [6.07, 6.45) is 0. The van der Waals surface area contributed by atoms with Crippen molar-refractivity contribution < 1.29 is 38.2 Å². The third-order valence-electron chi connectivity index (χ3n) is 10.2. The van der Waals surface area contributed by atoms with Gasteiger partial charge in [0.15, 0.2) is 13.5 Å². The Morgan fingerprint density at radius 3 is 1.03 bits per heavy atom. The Bertz CT molecular complexity index is 2080. The molecule has 0 fully saturated rings. The van der Waals surface area contributed by atoms with Crippen molar-refractivity contribution in [1.29, 1.82) is 0 Å². The monoisotopic (exact) mass is 956 g/mol. The molecule has 0 heterocycles. The van der Waals surface area contributed by atoms with Gasteiger partial charge in [-0.3, -0.25) is 9.59 Å². The Morgan fingerprint density at radius 1 is 0.444 bits per heavy atom. The first-order valence-electron chi connectivity index (χ1n) is 21.4. The van der Waals surface area contributed by atoms with Crippen LogP contribution in [0.3, 0.4) is 0 Å². The van der Waals surface area contributed by atoms with Gasteiger partial charge < -0.3 is 9.53 Å². The molecule has 0 bridgehead atoms. The molecule has 11 heteroatoms. The van der Waals surface area contributed by atoms with Crippen LogP contribution in [-0.4, -0.2) is 73.8 Å². The molecule has 0 aliphatic carbocycles. The zero-order valence-electron chi connectivity index (χ0n) is 41.3. The largest absolute Gasteiger partial charge is 0.300 e. The van der Waals surface area contributed by atoms with Crippen molar-refractivity contribution in [2.45, 2.75) is 131 Å². The number of rotatable bonds is 10. The van der Waals surface area contributed by atoms with Crippen molar-refractivity contribution in [3.8, 4) is 0 Å². The summed E-state index contributed by atoms with van der Waals surface area (Å²) in [6, 6.07) is 39.6. The number of carbonyl (C=O) groups is 6. The third-order valence-corrected chi connectivity index (χ3v) is 19.3. The maximum Gasteiger partial charge on any atom is 0.196 e. The van der Waals surface area contributed by atoms with Gasteiger partial charge in [-0.2, -0.15) is 0 Å². The molecule has 4 aromatic carbocycles. The topological polar surface area (TPSA) is 121 Å². The molecule has 0 spiro atoms. The van der Waals surface area contributed by atoms with E-state index < -0.39 is 63.8 Å². The number of carbonyl (C=O) groups excluding carboxylic acids is 6. The van der Waals surface area contributed by atoms with E-state index in [1.165, 1.54) is 0 Å². The van der Waals surface area contributed by atoms with Crippen LogP contribution in [0.4, 0.5) is 0 Å². The van der Waals surface area contributed by atoms with E-state index >= 15 is 0 Å². The Morgan fingerprint density at radius 2 is 0.746 bits per heavy atom. The van der Waals surface area contributed by atoms with Crippen molar-refractivity contribution in [2.75, 3.05) is 0 Å². The molecule has 0 saturated carbocycles. The van der Waals surface area contributed by atoms with Gasteiger partial charge in [-0.15, -0.1) is 0 Å². The first kappa shape index (κ1) is 56.5. The van der Waals surface area contributed by atoms with Crippen LogP contribution in [0.25, 0.3) is 0 Å². The molecular weight excluding hydrogens is 881 g/mol. The summed E-state index contributed by atoms with van der Waals surface area (Å²) < 4.78 is 9.78. The van der Waals surface area contributed by atoms with E-state index in [0.29, 0.717) is 5.41 Å². The molecule has 0 unspecified atom stereocenters. The van der Waals surface area contributed by atoms with Crippen LogP contribution in [0.5, 0.6) is 0 Å². The number of hydrogen-bond acceptors (Lipinski definition) is 8. The molecule has 0 saturated heterocycles. The van der Waals surface area contributed by atoms with E-state index in [9.17, 15) is 28.8 Å². The quantitative estimate of drug-likeness (QED) is 0.0875. The Kier molecular flexibility index (Phi) is 20.5. The van der Waals surface area contributed by atoms with Gasteiger partial charge in [0.1, 0.15) is 19.1 Å². The van der Waals surface area contributed by atoms with Gasteiger partial charge >= 0.3 is 87.8 Å². The molecular formula is C52H74GeO8Si2. The number of benzene rings is 4. The maximum atomic E-state index is 13.3. The minimum atomic E-state index is -2.52. The molecule has 63 heavy (non-hydrogen) atoms. The van der Waals surface area contributed by atoms with E-state index in [2.05, 4.69) is 50.5 Å². The molecule has 0 aliphatic rings. The second-order valence-corrected chi connectivity index (χ2v) is 40.5. The SMILES string of the molecule is CC(C)(C)OC(=O)C(=O)C(C)(C)C(C)(C)C.CC(C)(C)OC(=O)[C](=O)[Ge]([CH3])([CH3])[CH3].C[Si](C(=O)c1ccccc1)(c1ccccc1)c1ccccc1.C[Si](C)(C)C(=O)c1ccccc1. The van der Waals surface area contributed by atoms with Gasteiger partial charge in [-0.05, 0) is 36.6 Å². The van der Waals surface area contributed by atoms with E-state index in [1.807, 2.05) is 135 Å². The number of ketones is 1. The average Bonchev–Trinajstić information content (AvgIpc) is 3.19. The van der Waals surface area contributed by atoms with Crippen LogP contribution in [-0.2, 0) is 28.7 Å². The molecule has 4 rings (SSSR count). The van der Waals surface area contributed by atoms with Gasteiger partial charge in [-0.1, -0.05) is 182 Å². The van der Waals surface area contributed by atoms with Crippen LogP contribution in [0.15, 0.2) is 121 Å². The fourth-order valence-corrected chi connectivity index (χ4v) is 11.2. The summed E-state index contributed by atoms with van der Waals surface area (Å²) in [5.41, 5.74) is -0.543. The van der Waals surface area contributed by atoms with Crippen molar-refractivity contribution in [3.05, 3.63) is 132 Å². The number of hydrogen-bond donors (Lipinski definition) is 0. The zero-order chi connectivity index (χ0) is 48.8. The Hall–Kier alpha value is -4.52. The summed E-state index contributed by atoms with van der Waals surface area (Å²) in [5, 5.41) is 2.89. The molecule has 0 N–H and O–H groups in total. The molecule has 4 aromatic rings. The minimum Gasteiger partial charge on any atom is -0.300 e. The van der Waals surface area contributed by atoms with Crippen LogP contribution >= 0.6 is 0 Å². The van der Waals surface area contributed by atoms with Gasteiger partial charge in [0.05, 0.1) is 0 Å². The Labute approximate surface area is 383 Å². The second kappa shape index (κ2) is 22.9. The number of Topliss-reactive ketones (excluding diaryl/α,β-unsaturated/α-hetero) is 1. The first-order valence-corrected chi connectivity index (χ1v) is 34.8. The van der Waals surface area contributed by atoms with E-state index in [-0.39, 0.29) is 15.4 Å². The van der Waals surface area contributed by atoms with Crippen LogP contribution in [0, 0.1) is 10.8 Å². The molecule has 0 radical (unpaired) electrons. The van der Waals surface area contributed by atoms with Crippen molar-refractivity contribution in [2.24, 2.45) is 10.8 Å². The smallest absolute Gasteiger partial charge is 0.196 e. The third kappa shape index (κ3) is 18.2. The minimum absolute atomic E-state index is 0.255. The number of ether oxygens (including phenoxy) is 2. The van der Waals surface area contributed by atoms with Crippen LogP contribution < -0.4 is 10.4 Å². The normalized spacial score (nSPS) is 12.0. The summed E-state index contributed by atoms with van der Waals surface area (Å²) in [4.78, 5) is 71.5. The van der Waals surface area contributed by atoms with Crippen molar-refractivity contribution >= 4 is 72.9 Å². The standard InChI is InChI=1S/C20H18OSi.C13H24O3.C10H14OSi.C9H18GeO3/c1-22(18-13-7-3-8-14-18,19-15-9-4-10-16-19)20(21)17-11-5-2-6-12-17;1-11(2,3)13(7,8)9(14)10(15)16-12(4,5)6;1-12(2,3)10(11)9-7-5-4-6-8-9;1-9(2,3)13-8(12)7(11)10(4,5)6/h2-16H,1H3;1-8H3;4-8H,1-3H3;1-6H3. The molecule has 342 valence electrons. The average molecular weight is 956 g/mol. The summed E-state index contributed by atoms with van der Waals surface area (Å²) in [6.45, 7) is 28.3. The van der Waals surface area contributed by atoms with Crippen molar-refractivity contribution in [3.63, 3.8) is 0 Å². The molecule has 0 atom stereocenters. The fourth-order valence-electron chi connectivity index (χ4n) is 5.42. The van der Waals surface area contributed by atoms with E-state index in [1.54, 1.807) is 55.4 Å². The number of esters is 2. The Balaban J connectivity index is 0.000000435. The maximum absolute atomic E-state index is 13.3. The molecule has 0 aliphatic heterocycles. The summed E-state index contributed by atoms with van der Waals surface area (Å²) in [5.74, 6) is 3.77. The van der Waals surface area contributed by atoms with Gasteiger partial charge in [0.25, 0.3) is 0 Å². The van der Waals surface area contributed by atoms with Crippen LogP contribution in [0.1, 0.15) is 96.9 Å². The second-order valence-electron chi connectivity index (χ2n) is 21.3.